The first-order chi connectivity index (χ1) is 19.8. The summed E-state index contributed by atoms with van der Waals surface area (Å²) in [4.78, 5) is 75.0. The van der Waals surface area contributed by atoms with Crippen LogP contribution in [-0.2, 0) is 0 Å². The van der Waals surface area contributed by atoms with Gasteiger partial charge in [0.25, 0.3) is 0 Å². The summed E-state index contributed by atoms with van der Waals surface area (Å²) in [5, 5.41) is 57.4. The van der Waals surface area contributed by atoms with Crippen LogP contribution in [0.3, 0.4) is 0 Å². The van der Waals surface area contributed by atoms with Gasteiger partial charge in [0, 0.05) is 11.1 Å². The van der Waals surface area contributed by atoms with Crippen LogP contribution in [0.15, 0.2) is 66.7 Å². The molecule has 0 spiro atoms. The second-order valence-electron chi connectivity index (χ2n) is 8.74. The largest absolute Gasteiger partial charge is 0.478 e. The molecule has 0 saturated carbocycles. The predicted molar refractivity (Wildman–Crippen MR) is 142 cm³/mol. The van der Waals surface area contributed by atoms with Crippen molar-refractivity contribution in [2.24, 2.45) is 0 Å². The van der Waals surface area contributed by atoms with Crippen LogP contribution < -0.4 is 0 Å². The van der Waals surface area contributed by atoms with E-state index in [2.05, 4.69) is 4.98 Å². The Morgan fingerprint density at radius 1 is 0.405 bits per heavy atom. The van der Waals surface area contributed by atoms with E-state index in [9.17, 15) is 59.4 Å². The summed E-state index contributed by atoms with van der Waals surface area (Å²) in [6, 6.07) is 12.2. The Balaban J connectivity index is 2.10. The zero-order chi connectivity index (χ0) is 30.9. The number of carboxylic acids is 6. The normalized spacial score (nSPS) is 10.6. The smallest absolute Gasteiger partial charge is 0.336 e. The third-order valence-electron chi connectivity index (χ3n) is 6.18. The van der Waals surface area contributed by atoms with Gasteiger partial charge in [0.15, 0.2) is 0 Å². The van der Waals surface area contributed by atoms with Gasteiger partial charge in [-0.25, -0.2) is 33.8 Å². The highest BCUT2D eigenvalue weighted by Gasteiger charge is 2.23. The van der Waals surface area contributed by atoms with Crippen LogP contribution in [0.25, 0.3) is 33.6 Å². The molecule has 0 unspecified atom stereocenters. The molecule has 0 atom stereocenters. The van der Waals surface area contributed by atoms with E-state index < -0.39 is 52.5 Å². The lowest BCUT2D eigenvalue weighted by atomic mass is 9.92. The fourth-order valence-electron chi connectivity index (χ4n) is 4.22. The molecule has 1 heterocycles. The Morgan fingerprint density at radius 3 is 1.02 bits per heavy atom. The lowest BCUT2D eigenvalue weighted by Crippen LogP contribution is -2.07. The molecule has 0 bridgehead atoms. The summed E-state index contributed by atoms with van der Waals surface area (Å²) in [5.41, 5.74) is -2.87. The van der Waals surface area contributed by atoms with Gasteiger partial charge in [-0.3, -0.25) is 0 Å². The van der Waals surface area contributed by atoms with E-state index in [1.54, 1.807) is 0 Å². The Morgan fingerprint density at radius 2 is 0.714 bits per heavy atom. The molecule has 0 amide bonds. The Kier molecular flexibility index (Phi) is 7.51. The number of hydrogen-bond acceptors (Lipinski definition) is 7. The Bertz CT molecular complexity index is 1630. The summed E-state index contributed by atoms with van der Waals surface area (Å²) in [6.45, 7) is 0. The number of hydrogen-bond donors (Lipinski definition) is 6. The van der Waals surface area contributed by atoms with Crippen molar-refractivity contribution in [3.05, 3.63) is 100 Å². The quantitative estimate of drug-likeness (QED) is 0.165. The van der Waals surface area contributed by atoms with E-state index in [1.165, 1.54) is 30.3 Å². The van der Waals surface area contributed by atoms with Gasteiger partial charge in [0.2, 0.25) is 0 Å². The van der Waals surface area contributed by atoms with Gasteiger partial charge in [-0.05, 0) is 59.7 Å². The van der Waals surface area contributed by atoms with E-state index >= 15 is 0 Å². The number of carboxylic acid groups (broad SMARTS) is 6. The molecule has 1 aromatic heterocycles. The summed E-state index contributed by atoms with van der Waals surface area (Å²) < 4.78 is 0. The van der Waals surface area contributed by atoms with Crippen LogP contribution >= 0.6 is 0 Å². The lowest BCUT2D eigenvalue weighted by Gasteiger charge is -2.15. The highest BCUT2D eigenvalue weighted by atomic mass is 16.4. The summed E-state index contributed by atoms with van der Waals surface area (Å²) in [7, 11) is 0. The molecule has 6 N–H and O–H groups in total. The molecule has 4 rings (SSSR count). The molecule has 13 heteroatoms. The molecule has 4 aromatic rings. The van der Waals surface area contributed by atoms with Gasteiger partial charge in [0.1, 0.15) is 0 Å². The average molecular weight is 571 g/mol. The third kappa shape index (κ3) is 5.51. The van der Waals surface area contributed by atoms with Gasteiger partial charge >= 0.3 is 35.8 Å². The number of nitrogens with zero attached hydrogens (tertiary/aromatic N) is 1. The van der Waals surface area contributed by atoms with Crippen LogP contribution in [0.5, 0.6) is 0 Å². The Labute approximate surface area is 234 Å². The van der Waals surface area contributed by atoms with Crippen molar-refractivity contribution in [2.45, 2.75) is 0 Å². The molecule has 0 radical (unpaired) electrons. The van der Waals surface area contributed by atoms with E-state index in [0.29, 0.717) is 0 Å². The van der Waals surface area contributed by atoms with Crippen LogP contribution in [-0.4, -0.2) is 71.4 Å². The fraction of sp³-hybridized carbons (Fsp3) is 0. The second kappa shape index (κ2) is 11.0. The highest BCUT2D eigenvalue weighted by Crippen LogP contribution is 2.35. The topological polar surface area (TPSA) is 237 Å². The molecule has 13 nitrogen and oxygen atoms in total. The van der Waals surface area contributed by atoms with Crippen molar-refractivity contribution in [3.63, 3.8) is 0 Å². The number of aromatic nitrogens is 1. The van der Waals surface area contributed by atoms with Crippen LogP contribution in [0, 0.1) is 0 Å². The maximum Gasteiger partial charge on any atom is 0.336 e. The maximum absolute atomic E-state index is 12.1. The molecular weight excluding hydrogens is 554 g/mol. The van der Waals surface area contributed by atoms with E-state index in [0.717, 1.165) is 36.4 Å². The maximum atomic E-state index is 12.1. The minimum Gasteiger partial charge on any atom is -0.478 e. The van der Waals surface area contributed by atoms with Crippen LogP contribution in [0.4, 0.5) is 0 Å². The SMILES string of the molecule is O=C(O)c1ccc(-c2cc(-c3ccc(C(=O)O)cc3C(=O)O)nc(-c3ccc(C(=O)O)cc3C(=O)O)c2)c(C(=O)O)c1. The molecule has 0 aliphatic rings. The van der Waals surface area contributed by atoms with Gasteiger partial charge < -0.3 is 30.6 Å². The lowest BCUT2D eigenvalue weighted by molar-refractivity contribution is 0.0677. The van der Waals surface area contributed by atoms with Crippen molar-refractivity contribution in [2.75, 3.05) is 0 Å². The van der Waals surface area contributed by atoms with Gasteiger partial charge in [-0.2, -0.15) is 0 Å². The minimum absolute atomic E-state index is 0.0320. The van der Waals surface area contributed by atoms with Crippen LogP contribution in [0.1, 0.15) is 62.1 Å². The molecule has 0 aliphatic heterocycles. The summed E-state index contributed by atoms with van der Waals surface area (Å²) >= 11 is 0. The van der Waals surface area contributed by atoms with Gasteiger partial charge in [0.05, 0.1) is 44.8 Å². The molecule has 42 heavy (non-hydrogen) atoms. The minimum atomic E-state index is -1.52. The van der Waals surface area contributed by atoms with Gasteiger partial charge in [-0.1, -0.05) is 18.2 Å². The van der Waals surface area contributed by atoms with Crippen molar-refractivity contribution >= 4 is 35.8 Å². The first kappa shape index (κ1) is 28.6. The molecule has 3 aromatic carbocycles. The Hall–Kier alpha value is -6.37. The second-order valence-corrected chi connectivity index (χ2v) is 8.74. The van der Waals surface area contributed by atoms with E-state index in [1.807, 2.05) is 0 Å². The number of rotatable bonds is 9. The first-order valence-electron chi connectivity index (χ1n) is 11.6. The summed E-state index contributed by atoms with van der Waals surface area (Å²) in [6.07, 6.45) is 0. The predicted octanol–water partition coefficient (Wildman–Crippen LogP) is 4.27. The monoisotopic (exact) mass is 571 g/mol. The molecule has 0 fully saturated rings. The number of pyridine rings is 1. The molecule has 0 saturated heterocycles. The number of aromatic carboxylic acids is 6. The van der Waals surface area contributed by atoms with Crippen molar-refractivity contribution < 1.29 is 59.4 Å². The average Bonchev–Trinajstić information content (AvgIpc) is 2.95. The van der Waals surface area contributed by atoms with Crippen molar-refractivity contribution in [1.29, 1.82) is 0 Å². The molecule has 210 valence electrons. The van der Waals surface area contributed by atoms with Gasteiger partial charge in [-0.15, -0.1) is 0 Å². The highest BCUT2D eigenvalue weighted by molar-refractivity contribution is 6.03. The van der Waals surface area contributed by atoms with Crippen molar-refractivity contribution in [3.8, 4) is 33.6 Å². The number of carbonyl (C=O) groups is 6. The fourth-order valence-corrected chi connectivity index (χ4v) is 4.22. The van der Waals surface area contributed by atoms with Crippen LogP contribution in [0.2, 0.25) is 0 Å². The number of benzene rings is 3. The van der Waals surface area contributed by atoms with E-state index in [-0.39, 0.29) is 50.3 Å². The zero-order valence-electron chi connectivity index (χ0n) is 20.9. The van der Waals surface area contributed by atoms with E-state index in [4.69, 9.17) is 0 Å². The standard InChI is InChI=1S/C29H17NO12/c31-24(32)12-1-4-16(19(7-12)27(37)38)15-10-22(17-5-2-13(25(33)34)8-20(17)28(39)40)30-23(11-15)18-6-3-14(26(35)36)9-21(18)29(41)42/h1-11H,(H,31,32)(H,33,34)(H,35,36)(H,37,38)(H,39,40)(H,41,42). The molecular formula is C29H17NO12. The van der Waals surface area contributed by atoms with Crippen molar-refractivity contribution in [1.82, 2.24) is 4.98 Å². The zero-order valence-corrected chi connectivity index (χ0v) is 20.9. The first-order valence-corrected chi connectivity index (χ1v) is 11.6. The third-order valence-corrected chi connectivity index (χ3v) is 6.18. The molecule has 0 aliphatic carbocycles. The summed E-state index contributed by atoms with van der Waals surface area (Å²) in [5.74, 6) is -8.73.